The molecule has 0 amide bonds. The Bertz CT molecular complexity index is 412. The highest BCUT2D eigenvalue weighted by molar-refractivity contribution is 5.89. The highest BCUT2D eigenvalue weighted by atomic mass is 19.4. The Morgan fingerprint density at radius 3 is 2.44 bits per heavy atom. The molecule has 0 spiro atoms. The molecule has 0 unspecified atom stereocenters. The molecule has 0 aliphatic heterocycles. The smallest absolute Gasteiger partial charge is 0.449 e. The van der Waals surface area contributed by atoms with Gasteiger partial charge in [-0.2, -0.15) is 13.2 Å². The number of ether oxygens (including phenoxy) is 1. The van der Waals surface area contributed by atoms with Crippen molar-refractivity contribution in [1.29, 1.82) is 0 Å². The lowest BCUT2D eigenvalue weighted by atomic mass is 10.2. The molecule has 0 saturated heterocycles. The molecular weight excluding hydrogens is 221 g/mol. The Balaban J connectivity index is 2.45. The first-order valence-corrected chi connectivity index (χ1v) is 4.28. The molecule has 0 radical (unpaired) electrons. The van der Waals surface area contributed by atoms with Crippen LogP contribution in [0.4, 0.5) is 13.2 Å². The van der Waals surface area contributed by atoms with E-state index in [4.69, 9.17) is 0 Å². The quantitative estimate of drug-likeness (QED) is 0.574. The molecule has 84 valence electrons. The topological polar surface area (TPSA) is 26.3 Å². The van der Waals surface area contributed by atoms with Gasteiger partial charge in [-0.3, -0.25) is 0 Å². The first kappa shape index (κ1) is 12.1. The minimum absolute atomic E-state index is 0.274. The summed E-state index contributed by atoms with van der Waals surface area (Å²) < 4.78 is 39.3. The summed E-state index contributed by atoms with van der Waals surface area (Å²) in [5.74, 6) is 2.01. The van der Waals surface area contributed by atoms with Gasteiger partial charge in [0.1, 0.15) is 0 Å². The molecule has 0 aliphatic rings. The second-order valence-corrected chi connectivity index (χ2v) is 2.74. The van der Waals surface area contributed by atoms with Gasteiger partial charge < -0.3 is 4.74 Å². The number of hydrogen-bond acceptors (Lipinski definition) is 2. The van der Waals surface area contributed by atoms with Crippen LogP contribution in [0.2, 0.25) is 0 Å². The Morgan fingerprint density at radius 2 is 1.88 bits per heavy atom. The summed E-state index contributed by atoms with van der Waals surface area (Å²) in [5.41, 5.74) is 0.274. The van der Waals surface area contributed by atoms with Crippen LogP contribution in [-0.4, -0.2) is 18.8 Å². The number of carbonyl (C=O) groups excluding carboxylic acids is 1. The van der Waals surface area contributed by atoms with Crippen LogP contribution in [-0.2, 0) is 4.74 Å². The van der Waals surface area contributed by atoms with Crippen molar-refractivity contribution in [2.24, 2.45) is 0 Å². The van der Waals surface area contributed by atoms with E-state index in [1.165, 1.54) is 12.1 Å². The zero-order valence-electron chi connectivity index (χ0n) is 8.04. The Labute approximate surface area is 90.0 Å². The fourth-order valence-corrected chi connectivity index (χ4v) is 0.896. The van der Waals surface area contributed by atoms with Crippen LogP contribution in [0.1, 0.15) is 10.4 Å². The van der Waals surface area contributed by atoms with E-state index in [-0.39, 0.29) is 5.56 Å². The van der Waals surface area contributed by atoms with E-state index in [0.717, 1.165) is 5.92 Å². The minimum Gasteiger partial charge on any atom is -0.449 e. The van der Waals surface area contributed by atoms with E-state index in [2.05, 4.69) is 4.74 Å². The molecule has 0 atom stereocenters. The van der Waals surface area contributed by atoms with Crippen molar-refractivity contribution in [3.63, 3.8) is 0 Å². The third kappa shape index (κ3) is 4.51. The van der Waals surface area contributed by atoms with Crippen LogP contribution in [0, 0.1) is 11.8 Å². The number of rotatable bonds is 2. The summed E-state index contributed by atoms with van der Waals surface area (Å²) >= 11 is 0. The second kappa shape index (κ2) is 5.21. The number of halogens is 3. The SMILES string of the molecule is O=C(OCC#CC(F)(F)F)c1ccccc1. The zero-order valence-corrected chi connectivity index (χ0v) is 8.04. The molecule has 0 bridgehead atoms. The predicted octanol–water partition coefficient (Wildman–Crippen LogP) is 2.41. The standard InChI is InChI=1S/C11H7F3O2/c12-11(13,14)7-4-8-16-10(15)9-5-2-1-3-6-9/h1-3,5-6H,8H2. The van der Waals surface area contributed by atoms with Gasteiger partial charge in [-0.1, -0.05) is 24.1 Å². The summed E-state index contributed by atoms with van der Waals surface area (Å²) in [6, 6.07) is 7.95. The van der Waals surface area contributed by atoms with E-state index in [1.54, 1.807) is 24.1 Å². The van der Waals surface area contributed by atoms with Crippen LogP contribution in [0.5, 0.6) is 0 Å². The lowest BCUT2D eigenvalue weighted by Crippen LogP contribution is -2.06. The maximum Gasteiger partial charge on any atom is 0.457 e. The molecule has 2 nitrogen and oxygen atoms in total. The van der Waals surface area contributed by atoms with Crippen molar-refractivity contribution < 1.29 is 22.7 Å². The van der Waals surface area contributed by atoms with Gasteiger partial charge in [-0.25, -0.2) is 4.79 Å². The predicted molar refractivity (Wildman–Crippen MR) is 50.6 cm³/mol. The largest absolute Gasteiger partial charge is 0.457 e. The molecule has 1 rings (SSSR count). The third-order valence-corrected chi connectivity index (χ3v) is 1.52. The van der Waals surface area contributed by atoms with E-state index in [1.807, 2.05) is 0 Å². The van der Waals surface area contributed by atoms with Crippen molar-refractivity contribution in [2.45, 2.75) is 6.18 Å². The van der Waals surface area contributed by atoms with Gasteiger partial charge in [0.25, 0.3) is 0 Å². The Kier molecular flexibility index (Phi) is 3.95. The number of alkyl halides is 3. The second-order valence-electron chi connectivity index (χ2n) is 2.74. The van der Waals surface area contributed by atoms with E-state index >= 15 is 0 Å². The molecular formula is C11H7F3O2. The van der Waals surface area contributed by atoms with Gasteiger partial charge in [-0.05, 0) is 12.1 Å². The monoisotopic (exact) mass is 228 g/mol. The van der Waals surface area contributed by atoms with Crippen molar-refractivity contribution in [3.05, 3.63) is 35.9 Å². The van der Waals surface area contributed by atoms with Gasteiger partial charge >= 0.3 is 12.1 Å². The van der Waals surface area contributed by atoms with Crippen molar-refractivity contribution >= 4 is 5.97 Å². The van der Waals surface area contributed by atoms with E-state index in [9.17, 15) is 18.0 Å². The summed E-state index contributed by atoms with van der Waals surface area (Å²) in [6.45, 7) is -0.576. The molecule has 0 heterocycles. The Morgan fingerprint density at radius 1 is 1.25 bits per heavy atom. The highest BCUT2D eigenvalue weighted by Gasteiger charge is 2.22. The average Bonchev–Trinajstić information content (AvgIpc) is 2.24. The molecule has 1 aromatic rings. The van der Waals surface area contributed by atoms with E-state index < -0.39 is 18.8 Å². The number of esters is 1. The fourth-order valence-electron chi connectivity index (χ4n) is 0.896. The maximum absolute atomic E-state index is 11.6. The lowest BCUT2D eigenvalue weighted by Gasteiger charge is -1.99. The summed E-state index contributed by atoms with van der Waals surface area (Å²) in [5, 5.41) is 0. The summed E-state index contributed by atoms with van der Waals surface area (Å²) in [6.07, 6.45) is -4.56. The van der Waals surface area contributed by atoms with Crippen LogP contribution in [0.3, 0.4) is 0 Å². The number of hydrogen-bond donors (Lipinski definition) is 0. The average molecular weight is 228 g/mol. The van der Waals surface area contributed by atoms with Crippen LogP contribution >= 0.6 is 0 Å². The molecule has 0 fully saturated rings. The molecule has 16 heavy (non-hydrogen) atoms. The Hall–Kier alpha value is -1.96. The van der Waals surface area contributed by atoms with Gasteiger partial charge in [0.2, 0.25) is 0 Å². The van der Waals surface area contributed by atoms with Crippen LogP contribution in [0.25, 0.3) is 0 Å². The molecule has 0 saturated carbocycles. The molecule has 0 aromatic heterocycles. The first-order valence-electron chi connectivity index (χ1n) is 4.28. The highest BCUT2D eigenvalue weighted by Crippen LogP contribution is 2.11. The lowest BCUT2D eigenvalue weighted by molar-refractivity contribution is -0.0698. The summed E-state index contributed by atoms with van der Waals surface area (Å²) in [7, 11) is 0. The first-order chi connectivity index (χ1) is 7.49. The van der Waals surface area contributed by atoms with Gasteiger partial charge in [0.05, 0.1) is 5.56 Å². The van der Waals surface area contributed by atoms with Crippen molar-refractivity contribution in [1.82, 2.24) is 0 Å². The maximum atomic E-state index is 11.6. The van der Waals surface area contributed by atoms with Gasteiger partial charge in [0.15, 0.2) is 6.61 Å². The van der Waals surface area contributed by atoms with Gasteiger partial charge in [0, 0.05) is 5.92 Å². The third-order valence-electron chi connectivity index (χ3n) is 1.52. The number of carbonyl (C=O) groups is 1. The number of benzene rings is 1. The molecule has 1 aromatic carbocycles. The van der Waals surface area contributed by atoms with Crippen molar-refractivity contribution in [3.8, 4) is 11.8 Å². The summed E-state index contributed by atoms with van der Waals surface area (Å²) in [4.78, 5) is 11.2. The molecule has 0 N–H and O–H groups in total. The van der Waals surface area contributed by atoms with Crippen LogP contribution in [0.15, 0.2) is 30.3 Å². The van der Waals surface area contributed by atoms with E-state index in [0.29, 0.717) is 0 Å². The normalized spacial score (nSPS) is 10.2. The minimum atomic E-state index is -4.56. The molecule has 0 aliphatic carbocycles. The molecule has 5 heteroatoms. The van der Waals surface area contributed by atoms with Crippen LogP contribution < -0.4 is 0 Å². The zero-order chi connectivity index (χ0) is 12.0. The van der Waals surface area contributed by atoms with Crippen molar-refractivity contribution in [2.75, 3.05) is 6.61 Å². The fraction of sp³-hybridized carbons (Fsp3) is 0.182. The van der Waals surface area contributed by atoms with Gasteiger partial charge in [-0.15, -0.1) is 0 Å².